The highest BCUT2D eigenvalue weighted by Gasteiger charge is 2.28. The lowest BCUT2D eigenvalue weighted by Gasteiger charge is -2.29. The highest BCUT2D eigenvalue weighted by Crippen LogP contribution is 2.37. The Morgan fingerprint density at radius 2 is 1.39 bits per heavy atom. The van der Waals surface area contributed by atoms with Crippen LogP contribution in [0.5, 0.6) is 0 Å². The molecule has 0 radical (unpaired) electrons. The Labute approximate surface area is 212 Å². The standard InChI is InChI=1S/C30H38F4O2/c1-3-5-19-6-8-20(9-7-19)10-11-21-12-14-24(29(33)27(21)31)25-16-15-23(28(32)30(25)34)22-13-17-26(35-4-2)36-18-22/h12,14-16,19-20,22,26H,3-11,13,17-18H2,1-2H3. The number of aryl methyl sites for hydroxylation is 1. The van der Waals surface area contributed by atoms with Gasteiger partial charge in [0.2, 0.25) is 0 Å². The van der Waals surface area contributed by atoms with Crippen LogP contribution in [0.1, 0.15) is 88.7 Å². The molecule has 0 bridgehead atoms. The number of halogens is 4. The fourth-order valence-corrected chi connectivity index (χ4v) is 5.94. The molecule has 6 heteroatoms. The largest absolute Gasteiger partial charge is 0.353 e. The van der Waals surface area contributed by atoms with Crippen molar-refractivity contribution in [3.05, 3.63) is 58.7 Å². The van der Waals surface area contributed by atoms with Crippen molar-refractivity contribution in [2.45, 2.75) is 90.3 Å². The van der Waals surface area contributed by atoms with Gasteiger partial charge in [0.1, 0.15) is 0 Å². The summed E-state index contributed by atoms with van der Waals surface area (Å²) in [6.07, 6.45) is 9.32. The van der Waals surface area contributed by atoms with Crippen molar-refractivity contribution in [3.8, 4) is 11.1 Å². The lowest BCUT2D eigenvalue weighted by molar-refractivity contribution is -0.164. The molecule has 1 aliphatic heterocycles. The molecule has 0 spiro atoms. The molecule has 2 aromatic carbocycles. The van der Waals surface area contributed by atoms with Crippen LogP contribution in [0.4, 0.5) is 17.6 Å². The van der Waals surface area contributed by atoms with E-state index in [0.29, 0.717) is 37.4 Å². The first-order valence-electron chi connectivity index (χ1n) is 13.6. The lowest BCUT2D eigenvalue weighted by Crippen LogP contribution is -2.27. The number of rotatable bonds is 9. The molecule has 1 saturated carbocycles. The van der Waals surface area contributed by atoms with E-state index >= 15 is 13.2 Å². The van der Waals surface area contributed by atoms with E-state index in [0.717, 1.165) is 25.2 Å². The summed E-state index contributed by atoms with van der Waals surface area (Å²) in [6, 6.07) is 5.70. The van der Waals surface area contributed by atoms with Crippen LogP contribution >= 0.6 is 0 Å². The Morgan fingerprint density at radius 1 is 0.750 bits per heavy atom. The highest BCUT2D eigenvalue weighted by molar-refractivity contribution is 5.66. The van der Waals surface area contributed by atoms with Crippen LogP contribution < -0.4 is 0 Å². The van der Waals surface area contributed by atoms with Crippen molar-refractivity contribution >= 4 is 0 Å². The average Bonchev–Trinajstić information content (AvgIpc) is 2.89. The Hall–Kier alpha value is -1.92. The van der Waals surface area contributed by atoms with E-state index in [4.69, 9.17) is 9.47 Å². The van der Waals surface area contributed by atoms with Crippen LogP contribution in [0.25, 0.3) is 11.1 Å². The molecule has 36 heavy (non-hydrogen) atoms. The van der Waals surface area contributed by atoms with Crippen molar-refractivity contribution in [3.63, 3.8) is 0 Å². The maximum Gasteiger partial charge on any atom is 0.167 e. The van der Waals surface area contributed by atoms with Gasteiger partial charge in [-0.15, -0.1) is 0 Å². The van der Waals surface area contributed by atoms with Gasteiger partial charge in [-0.05, 0) is 55.6 Å². The number of hydrogen-bond donors (Lipinski definition) is 0. The molecule has 198 valence electrons. The van der Waals surface area contributed by atoms with Gasteiger partial charge in [-0.1, -0.05) is 69.7 Å². The van der Waals surface area contributed by atoms with E-state index in [1.165, 1.54) is 49.9 Å². The Morgan fingerprint density at radius 3 is 2.00 bits per heavy atom. The molecule has 0 N–H and O–H groups in total. The van der Waals surface area contributed by atoms with Crippen LogP contribution in [0.3, 0.4) is 0 Å². The van der Waals surface area contributed by atoms with Crippen LogP contribution in [0, 0.1) is 35.1 Å². The quantitative estimate of drug-likeness (QED) is 0.317. The van der Waals surface area contributed by atoms with E-state index in [-0.39, 0.29) is 35.5 Å². The van der Waals surface area contributed by atoms with Crippen molar-refractivity contribution < 1.29 is 27.0 Å². The number of ether oxygens (including phenoxy) is 2. The molecule has 1 heterocycles. The summed E-state index contributed by atoms with van der Waals surface area (Å²) >= 11 is 0. The molecule has 2 aliphatic rings. The van der Waals surface area contributed by atoms with E-state index in [1.807, 2.05) is 6.92 Å². The van der Waals surface area contributed by atoms with Gasteiger partial charge in [-0.3, -0.25) is 0 Å². The number of benzene rings is 2. The monoisotopic (exact) mass is 506 g/mol. The fourth-order valence-electron chi connectivity index (χ4n) is 5.94. The zero-order valence-corrected chi connectivity index (χ0v) is 21.4. The second kappa shape index (κ2) is 12.6. The topological polar surface area (TPSA) is 18.5 Å². The molecule has 2 nitrogen and oxygen atoms in total. The summed E-state index contributed by atoms with van der Waals surface area (Å²) in [5.74, 6) is -3.24. The predicted octanol–water partition coefficient (Wildman–Crippen LogP) is 8.71. The normalized spacial score (nSPS) is 24.7. The van der Waals surface area contributed by atoms with E-state index in [9.17, 15) is 4.39 Å². The Kier molecular flexibility index (Phi) is 9.46. The first kappa shape index (κ1) is 27.1. The molecule has 0 amide bonds. The van der Waals surface area contributed by atoms with E-state index < -0.39 is 23.3 Å². The lowest BCUT2D eigenvalue weighted by atomic mass is 9.78. The molecule has 2 atom stereocenters. The van der Waals surface area contributed by atoms with Crippen molar-refractivity contribution in [2.75, 3.05) is 13.2 Å². The third-order valence-electron chi connectivity index (χ3n) is 8.08. The minimum atomic E-state index is -1.16. The summed E-state index contributed by atoms with van der Waals surface area (Å²) < 4.78 is 71.1. The third kappa shape index (κ3) is 6.13. The van der Waals surface area contributed by atoms with Gasteiger partial charge < -0.3 is 9.47 Å². The molecule has 0 aromatic heterocycles. The van der Waals surface area contributed by atoms with Gasteiger partial charge in [0, 0.05) is 23.7 Å². The molecule has 1 aliphatic carbocycles. The van der Waals surface area contributed by atoms with Gasteiger partial charge in [0.15, 0.2) is 29.6 Å². The SMILES string of the molecule is CCCC1CCC(CCc2ccc(-c3ccc(C4CCC(OCC)OC4)c(F)c3F)c(F)c2F)CC1. The predicted molar refractivity (Wildman–Crippen MR) is 134 cm³/mol. The number of hydrogen-bond acceptors (Lipinski definition) is 2. The Balaban J connectivity index is 1.43. The summed E-state index contributed by atoms with van der Waals surface area (Å²) in [6.45, 7) is 4.83. The third-order valence-corrected chi connectivity index (χ3v) is 8.08. The van der Waals surface area contributed by atoms with Gasteiger partial charge in [0.25, 0.3) is 0 Å². The summed E-state index contributed by atoms with van der Waals surface area (Å²) in [7, 11) is 0. The van der Waals surface area contributed by atoms with Gasteiger partial charge in [-0.2, -0.15) is 0 Å². The van der Waals surface area contributed by atoms with Crippen LogP contribution in [-0.2, 0) is 15.9 Å². The first-order chi connectivity index (χ1) is 17.4. The smallest absolute Gasteiger partial charge is 0.167 e. The van der Waals surface area contributed by atoms with Crippen LogP contribution in [-0.4, -0.2) is 19.5 Å². The zero-order valence-electron chi connectivity index (χ0n) is 21.4. The maximum atomic E-state index is 15.1. The molecule has 2 unspecified atom stereocenters. The van der Waals surface area contributed by atoms with Gasteiger partial charge >= 0.3 is 0 Å². The van der Waals surface area contributed by atoms with Gasteiger partial charge in [-0.25, -0.2) is 17.6 Å². The highest BCUT2D eigenvalue weighted by atomic mass is 19.2. The average molecular weight is 507 g/mol. The summed E-state index contributed by atoms with van der Waals surface area (Å²) in [5.41, 5.74) is -0.0297. The summed E-state index contributed by atoms with van der Waals surface area (Å²) in [5, 5.41) is 0. The molecular formula is C30H38F4O2. The minimum Gasteiger partial charge on any atom is -0.353 e. The van der Waals surface area contributed by atoms with Crippen LogP contribution in [0.15, 0.2) is 24.3 Å². The molecule has 4 rings (SSSR count). The summed E-state index contributed by atoms with van der Waals surface area (Å²) in [4.78, 5) is 0. The van der Waals surface area contributed by atoms with E-state index in [2.05, 4.69) is 6.92 Å². The second-order valence-corrected chi connectivity index (χ2v) is 10.4. The molecule has 2 fully saturated rings. The van der Waals surface area contributed by atoms with Crippen molar-refractivity contribution in [1.29, 1.82) is 0 Å². The first-order valence-corrected chi connectivity index (χ1v) is 13.6. The van der Waals surface area contributed by atoms with E-state index in [1.54, 1.807) is 0 Å². The second-order valence-electron chi connectivity index (χ2n) is 10.4. The zero-order chi connectivity index (χ0) is 25.7. The fraction of sp³-hybridized carbons (Fsp3) is 0.600. The Bertz CT molecular complexity index is 1010. The van der Waals surface area contributed by atoms with Crippen LogP contribution in [0.2, 0.25) is 0 Å². The minimum absolute atomic E-state index is 0.192. The molecule has 1 saturated heterocycles. The van der Waals surface area contributed by atoms with Crippen molar-refractivity contribution in [2.24, 2.45) is 11.8 Å². The van der Waals surface area contributed by atoms with Gasteiger partial charge in [0.05, 0.1) is 6.61 Å². The van der Waals surface area contributed by atoms with Crippen molar-refractivity contribution in [1.82, 2.24) is 0 Å². The maximum absolute atomic E-state index is 15.1. The molecule has 2 aromatic rings. The molecular weight excluding hydrogens is 468 g/mol.